The molecule has 36 heavy (non-hydrogen) atoms. The van der Waals surface area contributed by atoms with E-state index >= 15 is 0 Å². The Morgan fingerprint density at radius 1 is 1.11 bits per heavy atom. The first-order valence-corrected chi connectivity index (χ1v) is 12.6. The number of hydrogen-bond donors (Lipinski definition) is 2. The van der Waals surface area contributed by atoms with Crippen LogP contribution in [0.4, 0.5) is 0 Å². The number of aliphatic hydroxyl groups is 1. The number of aromatic nitrogens is 1. The van der Waals surface area contributed by atoms with Gasteiger partial charge in [0, 0.05) is 40.8 Å². The third-order valence-electron chi connectivity index (χ3n) is 6.95. The van der Waals surface area contributed by atoms with Crippen molar-refractivity contribution in [2.75, 3.05) is 13.2 Å². The molecule has 1 aliphatic rings. The molecule has 1 fully saturated rings. The van der Waals surface area contributed by atoms with E-state index in [9.17, 15) is 14.7 Å². The molecule has 1 unspecified atom stereocenters. The predicted molar refractivity (Wildman–Crippen MR) is 142 cm³/mol. The van der Waals surface area contributed by atoms with E-state index in [4.69, 9.17) is 22.1 Å². The van der Waals surface area contributed by atoms with Gasteiger partial charge in [-0.3, -0.25) is 9.59 Å². The van der Waals surface area contributed by atoms with Gasteiger partial charge in [0.25, 0.3) is 5.91 Å². The number of carbonyl (C=O) groups is 2. The molecule has 1 aromatic heterocycles. The van der Waals surface area contributed by atoms with Crippen LogP contribution in [0.2, 0.25) is 5.02 Å². The number of benzene rings is 3. The molecule has 1 heterocycles. The lowest BCUT2D eigenvalue weighted by molar-refractivity contribution is 0.0913. The van der Waals surface area contributed by atoms with Gasteiger partial charge in [-0.15, -0.1) is 0 Å². The summed E-state index contributed by atoms with van der Waals surface area (Å²) in [6, 6.07) is 15.0. The van der Waals surface area contributed by atoms with Crippen LogP contribution in [0.5, 0.6) is 5.75 Å². The topological polar surface area (TPSA) is 94.6 Å². The van der Waals surface area contributed by atoms with E-state index in [-0.39, 0.29) is 36.2 Å². The predicted octanol–water partition coefficient (Wildman–Crippen LogP) is 5.70. The second-order valence-corrected chi connectivity index (χ2v) is 10.2. The summed E-state index contributed by atoms with van der Waals surface area (Å²) < 4.78 is 7.98. The SMILES string of the molecule is CC(CO)CCn1cc(C(=O)COc2cc3ccc(Cl)cc3cc2C(N)=O)c2ccc(C3CC3)cc21. The van der Waals surface area contributed by atoms with Crippen LogP contribution in [-0.2, 0) is 6.54 Å². The highest BCUT2D eigenvalue weighted by molar-refractivity contribution is 6.31. The first kappa shape index (κ1) is 24.3. The number of primary amides is 1. The highest BCUT2D eigenvalue weighted by Gasteiger charge is 2.25. The van der Waals surface area contributed by atoms with Crippen molar-refractivity contribution in [2.24, 2.45) is 11.7 Å². The van der Waals surface area contributed by atoms with Crippen LogP contribution < -0.4 is 10.5 Å². The number of nitrogens with zero attached hydrogens (tertiary/aromatic N) is 1. The minimum atomic E-state index is -0.637. The minimum absolute atomic E-state index is 0.131. The highest BCUT2D eigenvalue weighted by atomic mass is 35.5. The van der Waals surface area contributed by atoms with Crippen LogP contribution in [0.15, 0.2) is 54.7 Å². The number of rotatable bonds is 10. The van der Waals surface area contributed by atoms with E-state index in [1.165, 1.54) is 18.4 Å². The fourth-order valence-corrected chi connectivity index (χ4v) is 4.80. The zero-order valence-corrected chi connectivity index (χ0v) is 20.9. The van der Waals surface area contributed by atoms with Gasteiger partial charge < -0.3 is 20.1 Å². The Labute approximate surface area is 214 Å². The van der Waals surface area contributed by atoms with Crippen molar-refractivity contribution in [3.05, 3.63) is 76.4 Å². The van der Waals surface area contributed by atoms with Gasteiger partial charge in [0.1, 0.15) is 5.75 Å². The Hall–Kier alpha value is -3.35. The van der Waals surface area contributed by atoms with E-state index in [0.717, 1.165) is 28.1 Å². The number of ketones is 1. The summed E-state index contributed by atoms with van der Waals surface area (Å²) in [5.74, 6) is 0.224. The molecule has 0 saturated heterocycles. The number of hydrogen-bond acceptors (Lipinski definition) is 4. The first-order chi connectivity index (χ1) is 17.3. The molecule has 0 bridgehead atoms. The highest BCUT2D eigenvalue weighted by Crippen LogP contribution is 2.41. The Bertz CT molecular complexity index is 1470. The molecule has 6 nitrogen and oxygen atoms in total. The molecule has 0 spiro atoms. The van der Waals surface area contributed by atoms with Gasteiger partial charge in [-0.05, 0) is 77.8 Å². The van der Waals surface area contributed by atoms with Crippen molar-refractivity contribution in [1.82, 2.24) is 4.57 Å². The van der Waals surface area contributed by atoms with Crippen LogP contribution in [0.3, 0.4) is 0 Å². The van der Waals surface area contributed by atoms with E-state index in [0.29, 0.717) is 23.0 Å². The summed E-state index contributed by atoms with van der Waals surface area (Å²) in [4.78, 5) is 25.4. The number of aryl methyl sites for hydroxylation is 1. The lowest BCUT2D eigenvalue weighted by atomic mass is 10.0. The molecule has 5 rings (SSSR count). The molecule has 3 N–H and O–H groups in total. The largest absolute Gasteiger partial charge is 0.485 e. The molecule has 1 amide bonds. The standard InChI is InChI=1S/C29H29ClN2O4/c1-17(15-33)8-9-32-14-25(23-7-5-19(12-26(23)32)18-2-3-18)27(34)16-36-28-13-20-4-6-22(30)10-21(20)11-24(28)29(31)35/h4-7,10-14,17-18,33H,2-3,8-9,15-16H2,1H3,(H2,31,35). The smallest absolute Gasteiger partial charge is 0.252 e. The number of nitrogens with two attached hydrogens (primary N) is 1. The third-order valence-corrected chi connectivity index (χ3v) is 7.19. The summed E-state index contributed by atoms with van der Waals surface area (Å²) in [6.45, 7) is 2.62. The van der Waals surface area contributed by atoms with Crippen molar-refractivity contribution in [1.29, 1.82) is 0 Å². The molecule has 1 saturated carbocycles. The number of carbonyl (C=O) groups excluding carboxylic acids is 2. The second-order valence-electron chi connectivity index (χ2n) is 9.78. The molecule has 0 aliphatic heterocycles. The van der Waals surface area contributed by atoms with Gasteiger partial charge >= 0.3 is 0 Å². The lowest BCUT2D eigenvalue weighted by Crippen LogP contribution is -2.16. The maximum atomic E-state index is 13.3. The zero-order chi connectivity index (χ0) is 25.4. The van der Waals surface area contributed by atoms with Crippen LogP contribution in [0.25, 0.3) is 21.7 Å². The summed E-state index contributed by atoms with van der Waals surface area (Å²) >= 11 is 6.08. The summed E-state index contributed by atoms with van der Waals surface area (Å²) in [5.41, 5.74) is 8.70. The quantitative estimate of drug-likeness (QED) is 0.271. The molecule has 1 aliphatic carbocycles. The van der Waals surface area contributed by atoms with Crippen molar-refractivity contribution in [2.45, 2.75) is 38.6 Å². The zero-order valence-electron chi connectivity index (χ0n) is 20.2. The fraction of sp³-hybridized carbons (Fsp3) is 0.310. The number of ether oxygens (including phenoxy) is 1. The van der Waals surface area contributed by atoms with Gasteiger partial charge in [-0.2, -0.15) is 0 Å². The van der Waals surface area contributed by atoms with Gasteiger partial charge in [-0.1, -0.05) is 36.7 Å². The van der Waals surface area contributed by atoms with Gasteiger partial charge in [0.2, 0.25) is 5.78 Å². The van der Waals surface area contributed by atoms with E-state index in [2.05, 4.69) is 16.7 Å². The van der Waals surface area contributed by atoms with Crippen LogP contribution in [-0.4, -0.2) is 34.6 Å². The number of Topliss-reactive ketones (excluding diaryl/α,β-unsaturated/α-hetero) is 1. The molecule has 3 aromatic carbocycles. The molecule has 7 heteroatoms. The maximum absolute atomic E-state index is 13.3. The van der Waals surface area contributed by atoms with Crippen LogP contribution in [0.1, 0.15) is 58.4 Å². The van der Waals surface area contributed by atoms with Gasteiger partial charge in [-0.25, -0.2) is 0 Å². The lowest BCUT2D eigenvalue weighted by Gasteiger charge is -2.11. The Balaban J connectivity index is 1.44. The average Bonchev–Trinajstić information content (AvgIpc) is 3.66. The van der Waals surface area contributed by atoms with Crippen LogP contribution >= 0.6 is 11.6 Å². The number of amides is 1. The first-order valence-electron chi connectivity index (χ1n) is 12.3. The van der Waals surface area contributed by atoms with Crippen LogP contribution in [0, 0.1) is 5.92 Å². The Morgan fingerprint density at radius 2 is 1.92 bits per heavy atom. The second kappa shape index (κ2) is 9.96. The summed E-state index contributed by atoms with van der Waals surface area (Å²) in [6.07, 6.45) is 5.09. The molecule has 4 aromatic rings. The van der Waals surface area contributed by atoms with Crippen molar-refractivity contribution in [3.63, 3.8) is 0 Å². The minimum Gasteiger partial charge on any atom is -0.485 e. The average molecular weight is 505 g/mol. The summed E-state index contributed by atoms with van der Waals surface area (Å²) in [5, 5.41) is 12.5. The van der Waals surface area contributed by atoms with E-state index in [1.807, 2.05) is 25.3 Å². The van der Waals surface area contributed by atoms with Crippen molar-refractivity contribution >= 4 is 45.0 Å². The third kappa shape index (κ3) is 4.97. The van der Waals surface area contributed by atoms with Gasteiger partial charge in [0.05, 0.1) is 5.56 Å². The van der Waals surface area contributed by atoms with Crippen molar-refractivity contribution < 1.29 is 19.4 Å². The number of fused-ring (bicyclic) bond motifs is 2. The molecule has 186 valence electrons. The molecule has 1 atom stereocenters. The molecular formula is C29H29ClN2O4. The summed E-state index contributed by atoms with van der Waals surface area (Å²) in [7, 11) is 0. The fourth-order valence-electron chi connectivity index (χ4n) is 4.62. The maximum Gasteiger partial charge on any atom is 0.252 e. The van der Waals surface area contributed by atoms with Crippen molar-refractivity contribution in [3.8, 4) is 5.75 Å². The van der Waals surface area contributed by atoms with Gasteiger partial charge in [0.15, 0.2) is 6.61 Å². The monoisotopic (exact) mass is 504 g/mol. The van der Waals surface area contributed by atoms with E-state index in [1.54, 1.807) is 24.3 Å². The number of aliphatic hydroxyl groups excluding tert-OH is 1. The number of halogens is 1. The Kier molecular flexibility index (Phi) is 6.73. The Morgan fingerprint density at radius 3 is 2.64 bits per heavy atom. The normalized spacial score (nSPS) is 14.3. The van der Waals surface area contributed by atoms with E-state index < -0.39 is 5.91 Å². The molecular weight excluding hydrogens is 476 g/mol. The molecule has 0 radical (unpaired) electrons.